The van der Waals surface area contributed by atoms with Crippen LogP contribution in [-0.2, 0) is 0 Å². The minimum atomic E-state index is 0.219. The van der Waals surface area contributed by atoms with Gasteiger partial charge < -0.3 is 10.6 Å². The number of aromatic nitrogens is 3. The summed E-state index contributed by atoms with van der Waals surface area (Å²) >= 11 is 5.83. The molecular formula is C11H18ClN5. The van der Waals surface area contributed by atoms with Crippen LogP contribution in [0.5, 0.6) is 0 Å². The number of anilines is 2. The molecule has 0 spiro atoms. The molecule has 6 heteroatoms. The van der Waals surface area contributed by atoms with Crippen LogP contribution in [0, 0.1) is 5.92 Å². The zero-order valence-electron chi connectivity index (χ0n) is 10.2. The number of hydrogen-bond donors (Lipinski definition) is 2. The molecule has 0 aliphatic heterocycles. The fraction of sp³-hybridized carbons (Fsp3) is 0.727. The highest BCUT2D eigenvalue weighted by atomic mass is 35.5. The quantitative estimate of drug-likeness (QED) is 0.869. The van der Waals surface area contributed by atoms with E-state index in [1.807, 2.05) is 0 Å². The van der Waals surface area contributed by atoms with Gasteiger partial charge in [0, 0.05) is 13.1 Å². The lowest BCUT2D eigenvalue weighted by Crippen LogP contribution is -2.26. The van der Waals surface area contributed by atoms with Gasteiger partial charge in [-0.3, -0.25) is 0 Å². The van der Waals surface area contributed by atoms with E-state index in [0.717, 1.165) is 5.92 Å². The number of rotatable bonds is 3. The lowest BCUT2D eigenvalue weighted by atomic mass is 9.87. The van der Waals surface area contributed by atoms with Crippen LogP contribution >= 0.6 is 11.6 Å². The van der Waals surface area contributed by atoms with Crippen molar-refractivity contribution in [2.24, 2.45) is 5.92 Å². The molecule has 0 amide bonds. The van der Waals surface area contributed by atoms with Gasteiger partial charge in [-0.1, -0.05) is 6.92 Å². The summed E-state index contributed by atoms with van der Waals surface area (Å²) in [4.78, 5) is 12.3. The molecule has 1 fully saturated rings. The van der Waals surface area contributed by atoms with Crippen molar-refractivity contribution in [2.45, 2.75) is 38.6 Å². The van der Waals surface area contributed by atoms with Crippen molar-refractivity contribution in [2.75, 3.05) is 17.7 Å². The molecule has 2 N–H and O–H groups in total. The summed E-state index contributed by atoms with van der Waals surface area (Å²) in [5.41, 5.74) is 0. The smallest absolute Gasteiger partial charge is 0.229 e. The first-order valence-electron chi connectivity index (χ1n) is 6.03. The van der Waals surface area contributed by atoms with Gasteiger partial charge in [-0.05, 0) is 43.2 Å². The Balaban J connectivity index is 2.00. The van der Waals surface area contributed by atoms with E-state index in [2.05, 4.69) is 32.5 Å². The van der Waals surface area contributed by atoms with E-state index in [9.17, 15) is 0 Å². The molecular weight excluding hydrogens is 238 g/mol. The van der Waals surface area contributed by atoms with Crippen molar-refractivity contribution in [1.82, 2.24) is 15.0 Å². The highest BCUT2D eigenvalue weighted by molar-refractivity contribution is 6.28. The molecule has 1 aliphatic carbocycles. The van der Waals surface area contributed by atoms with Gasteiger partial charge in [0.1, 0.15) is 0 Å². The summed E-state index contributed by atoms with van der Waals surface area (Å²) in [5, 5.41) is 6.41. The van der Waals surface area contributed by atoms with E-state index in [4.69, 9.17) is 11.6 Å². The zero-order chi connectivity index (χ0) is 12.3. The largest absolute Gasteiger partial charge is 0.357 e. The van der Waals surface area contributed by atoms with Gasteiger partial charge >= 0.3 is 0 Å². The van der Waals surface area contributed by atoms with Crippen molar-refractivity contribution in [1.29, 1.82) is 0 Å². The molecule has 0 unspecified atom stereocenters. The Kier molecular flexibility index (Phi) is 3.99. The monoisotopic (exact) mass is 255 g/mol. The predicted octanol–water partition coefficient (Wildman–Crippen LogP) is 2.56. The topological polar surface area (TPSA) is 62.7 Å². The van der Waals surface area contributed by atoms with E-state index >= 15 is 0 Å². The van der Waals surface area contributed by atoms with E-state index in [1.165, 1.54) is 25.7 Å². The van der Waals surface area contributed by atoms with Crippen LogP contribution in [-0.4, -0.2) is 28.0 Å². The van der Waals surface area contributed by atoms with Crippen molar-refractivity contribution in [3.05, 3.63) is 5.28 Å². The number of nitrogens with one attached hydrogen (secondary N) is 2. The molecule has 5 nitrogen and oxygen atoms in total. The van der Waals surface area contributed by atoms with Gasteiger partial charge in [-0.2, -0.15) is 15.0 Å². The molecule has 0 aromatic carbocycles. The zero-order valence-corrected chi connectivity index (χ0v) is 11.0. The first-order chi connectivity index (χ1) is 8.17. The van der Waals surface area contributed by atoms with Crippen LogP contribution in [0.4, 0.5) is 11.9 Å². The predicted molar refractivity (Wildman–Crippen MR) is 69.4 cm³/mol. The number of nitrogens with zero attached hydrogens (tertiary/aromatic N) is 3. The summed E-state index contributed by atoms with van der Waals surface area (Å²) in [6.07, 6.45) is 4.85. The van der Waals surface area contributed by atoms with Crippen LogP contribution in [0.1, 0.15) is 32.6 Å². The Labute approximate surface area is 106 Å². The molecule has 1 aliphatic rings. The first kappa shape index (κ1) is 12.4. The van der Waals surface area contributed by atoms with E-state index in [1.54, 1.807) is 7.05 Å². The fourth-order valence-corrected chi connectivity index (χ4v) is 2.27. The Bertz CT molecular complexity index is 376. The minimum Gasteiger partial charge on any atom is -0.357 e. The van der Waals surface area contributed by atoms with Gasteiger partial charge in [0.15, 0.2) is 0 Å². The Morgan fingerprint density at radius 3 is 2.35 bits per heavy atom. The summed E-state index contributed by atoms with van der Waals surface area (Å²) in [6.45, 7) is 2.30. The van der Waals surface area contributed by atoms with Crippen LogP contribution in [0.15, 0.2) is 0 Å². The van der Waals surface area contributed by atoms with Crippen molar-refractivity contribution >= 4 is 23.5 Å². The van der Waals surface area contributed by atoms with Crippen molar-refractivity contribution in [3.8, 4) is 0 Å². The fourth-order valence-electron chi connectivity index (χ4n) is 2.11. The normalized spacial score (nSPS) is 24.4. The Hall–Kier alpha value is -1.10. The van der Waals surface area contributed by atoms with E-state index in [-0.39, 0.29) is 5.28 Å². The van der Waals surface area contributed by atoms with Gasteiger partial charge in [-0.25, -0.2) is 0 Å². The highest BCUT2D eigenvalue weighted by Gasteiger charge is 2.19. The molecule has 0 radical (unpaired) electrons. The maximum Gasteiger partial charge on any atom is 0.229 e. The molecule has 0 bridgehead atoms. The van der Waals surface area contributed by atoms with Crippen molar-refractivity contribution < 1.29 is 0 Å². The molecule has 1 aromatic heterocycles. The van der Waals surface area contributed by atoms with Gasteiger partial charge in [0.05, 0.1) is 0 Å². The lowest BCUT2D eigenvalue weighted by molar-refractivity contribution is 0.360. The average Bonchev–Trinajstić information content (AvgIpc) is 2.31. The highest BCUT2D eigenvalue weighted by Crippen LogP contribution is 2.25. The van der Waals surface area contributed by atoms with Crippen LogP contribution < -0.4 is 10.6 Å². The number of hydrogen-bond acceptors (Lipinski definition) is 5. The molecule has 1 saturated carbocycles. The summed E-state index contributed by atoms with van der Waals surface area (Å²) in [7, 11) is 1.76. The SMILES string of the molecule is CNc1nc(Cl)nc(NC2CCC(C)CC2)n1. The van der Waals surface area contributed by atoms with Crippen LogP contribution in [0.3, 0.4) is 0 Å². The molecule has 94 valence electrons. The standard InChI is InChI=1S/C11H18ClN5/c1-7-3-5-8(6-4-7)14-11-16-9(12)15-10(13-2)17-11/h7-8H,3-6H2,1-2H3,(H2,13,14,15,16,17). The van der Waals surface area contributed by atoms with Crippen molar-refractivity contribution in [3.63, 3.8) is 0 Å². The summed E-state index contributed by atoms with van der Waals surface area (Å²) in [6, 6.07) is 0.453. The molecule has 0 atom stereocenters. The second-order valence-corrected chi connectivity index (χ2v) is 4.94. The maximum atomic E-state index is 5.83. The molecule has 2 rings (SSSR count). The average molecular weight is 256 g/mol. The third-order valence-electron chi connectivity index (χ3n) is 3.18. The molecule has 1 heterocycles. The third-order valence-corrected chi connectivity index (χ3v) is 3.35. The van der Waals surface area contributed by atoms with Gasteiger partial charge in [0.25, 0.3) is 0 Å². The second-order valence-electron chi connectivity index (χ2n) is 4.60. The van der Waals surface area contributed by atoms with E-state index in [0.29, 0.717) is 17.9 Å². The van der Waals surface area contributed by atoms with E-state index < -0.39 is 0 Å². The Morgan fingerprint density at radius 2 is 1.71 bits per heavy atom. The maximum absolute atomic E-state index is 5.83. The molecule has 17 heavy (non-hydrogen) atoms. The molecule has 1 aromatic rings. The molecule has 0 saturated heterocycles. The lowest BCUT2D eigenvalue weighted by Gasteiger charge is -2.26. The number of halogens is 1. The van der Waals surface area contributed by atoms with Crippen LogP contribution in [0.2, 0.25) is 5.28 Å². The first-order valence-corrected chi connectivity index (χ1v) is 6.41. The third kappa shape index (κ3) is 3.43. The van der Waals surface area contributed by atoms with Gasteiger partial charge in [-0.15, -0.1) is 0 Å². The second kappa shape index (κ2) is 5.49. The summed E-state index contributed by atoms with van der Waals surface area (Å²) < 4.78 is 0. The van der Waals surface area contributed by atoms with Gasteiger partial charge in [0.2, 0.25) is 17.2 Å². The van der Waals surface area contributed by atoms with Crippen LogP contribution in [0.25, 0.3) is 0 Å². The Morgan fingerprint density at radius 1 is 1.06 bits per heavy atom. The minimum absolute atomic E-state index is 0.219. The summed E-state index contributed by atoms with van der Waals surface area (Å²) in [5.74, 6) is 1.90.